The first kappa shape index (κ1) is 14.1. The van der Waals surface area contributed by atoms with E-state index in [0.717, 1.165) is 12.0 Å². The molecule has 0 aliphatic carbocycles. The Kier molecular flexibility index (Phi) is 4.41. The number of nitrogens with two attached hydrogens (primary N) is 1. The average Bonchev–Trinajstić information content (AvgIpc) is 2.43. The van der Waals surface area contributed by atoms with Gasteiger partial charge in [-0.2, -0.15) is 0 Å². The van der Waals surface area contributed by atoms with Crippen LogP contribution in [-0.4, -0.2) is 12.5 Å². The average molecular weight is 268 g/mol. The Morgan fingerprint density at radius 3 is 2.65 bits per heavy atom. The number of carbonyl (C=O) groups is 1. The Morgan fingerprint density at radius 2 is 1.90 bits per heavy atom. The maximum atomic E-state index is 12.1. The zero-order chi connectivity index (χ0) is 14.5. The van der Waals surface area contributed by atoms with E-state index in [9.17, 15) is 4.79 Å². The molecular weight excluding hydrogens is 248 g/mol. The Hall–Kier alpha value is -2.29. The molecule has 1 amide bonds. The molecule has 0 spiro atoms. The van der Waals surface area contributed by atoms with Gasteiger partial charge < -0.3 is 11.1 Å². The fourth-order valence-corrected chi connectivity index (χ4v) is 2.16. The Bertz CT molecular complexity index is 620. The first-order valence-electron chi connectivity index (χ1n) is 6.77. The number of amides is 1. The summed E-state index contributed by atoms with van der Waals surface area (Å²) in [4.78, 5) is 12.1. The molecule has 0 aromatic heterocycles. The number of aryl methyl sites for hydroxylation is 2. The third-order valence-electron chi connectivity index (χ3n) is 3.39. The van der Waals surface area contributed by atoms with Crippen molar-refractivity contribution in [2.45, 2.75) is 20.3 Å². The van der Waals surface area contributed by atoms with Crippen molar-refractivity contribution in [2.75, 3.05) is 12.3 Å². The predicted octanol–water partition coefficient (Wildman–Crippen LogP) is 2.86. The number of benzene rings is 2. The van der Waals surface area contributed by atoms with Gasteiger partial charge in [0.15, 0.2) is 0 Å². The molecule has 20 heavy (non-hydrogen) atoms. The van der Waals surface area contributed by atoms with Crippen LogP contribution in [0.1, 0.15) is 27.0 Å². The normalized spacial score (nSPS) is 10.3. The van der Waals surface area contributed by atoms with Gasteiger partial charge in [-0.05, 0) is 43.5 Å². The van der Waals surface area contributed by atoms with E-state index < -0.39 is 0 Å². The van der Waals surface area contributed by atoms with Gasteiger partial charge in [-0.15, -0.1) is 0 Å². The van der Waals surface area contributed by atoms with Crippen LogP contribution in [0.2, 0.25) is 0 Å². The summed E-state index contributed by atoms with van der Waals surface area (Å²) in [6.07, 6.45) is 0.824. The van der Waals surface area contributed by atoms with Gasteiger partial charge in [-0.3, -0.25) is 4.79 Å². The minimum Gasteiger partial charge on any atom is -0.398 e. The fourth-order valence-electron chi connectivity index (χ4n) is 2.16. The number of carbonyl (C=O) groups excluding carboxylic acids is 1. The van der Waals surface area contributed by atoms with Crippen molar-refractivity contribution in [1.82, 2.24) is 5.32 Å². The first-order valence-corrected chi connectivity index (χ1v) is 6.77. The first-order chi connectivity index (χ1) is 9.58. The van der Waals surface area contributed by atoms with Crippen molar-refractivity contribution in [3.63, 3.8) is 0 Å². The summed E-state index contributed by atoms with van der Waals surface area (Å²) < 4.78 is 0. The topological polar surface area (TPSA) is 55.1 Å². The number of hydrogen-bond acceptors (Lipinski definition) is 2. The third kappa shape index (κ3) is 3.38. The number of nitrogen functional groups attached to an aromatic ring is 1. The molecule has 0 unspecified atom stereocenters. The number of nitrogens with one attached hydrogen (secondary N) is 1. The SMILES string of the molecule is Cc1ccc(N)c(C(=O)NCCc2ccccc2C)c1. The summed E-state index contributed by atoms with van der Waals surface area (Å²) in [5, 5.41) is 2.92. The molecule has 0 bridgehead atoms. The molecule has 0 aliphatic rings. The zero-order valence-electron chi connectivity index (χ0n) is 11.9. The maximum absolute atomic E-state index is 12.1. The summed E-state index contributed by atoms with van der Waals surface area (Å²) in [5.41, 5.74) is 10.4. The molecule has 3 nitrogen and oxygen atoms in total. The van der Waals surface area contributed by atoms with Gasteiger partial charge in [0.05, 0.1) is 5.56 Å². The zero-order valence-corrected chi connectivity index (χ0v) is 11.9. The van der Waals surface area contributed by atoms with Crippen LogP contribution in [0.3, 0.4) is 0 Å². The molecular formula is C17H20N2O. The second-order valence-corrected chi connectivity index (χ2v) is 5.02. The summed E-state index contributed by atoms with van der Waals surface area (Å²) in [5.74, 6) is -0.111. The highest BCUT2D eigenvalue weighted by Gasteiger charge is 2.09. The number of hydrogen-bond donors (Lipinski definition) is 2. The molecule has 0 atom stereocenters. The van der Waals surface area contributed by atoms with Crippen LogP contribution >= 0.6 is 0 Å². The van der Waals surface area contributed by atoms with E-state index in [0.29, 0.717) is 17.8 Å². The molecule has 0 aliphatic heterocycles. The quantitative estimate of drug-likeness (QED) is 0.838. The lowest BCUT2D eigenvalue weighted by Crippen LogP contribution is -2.26. The highest BCUT2D eigenvalue weighted by molar-refractivity contribution is 5.99. The van der Waals surface area contributed by atoms with Crippen molar-refractivity contribution in [2.24, 2.45) is 0 Å². The fraction of sp³-hybridized carbons (Fsp3) is 0.235. The second-order valence-electron chi connectivity index (χ2n) is 5.02. The smallest absolute Gasteiger partial charge is 0.253 e. The van der Waals surface area contributed by atoms with Crippen LogP contribution in [0.15, 0.2) is 42.5 Å². The van der Waals surface area contributed by atoms with E-state index in [4.69, 9.17) is 5.73 Å². The lowest BCUT2D eigenvalue weighted by molar-refractivity contribution is 0.0955. The molecule has 2 rings (SSSR count). The predicted molar refractivity (Wildman–Crippen MR) is 82.8 cm³/mol. The molecule has 2 aromatic rings. The van der Waals surface area contributed by atoms with Crippen LogP contribution in [0.4, 0.5) is 5.69 Å². The van der Waals surface area contributed by atoms with Crippen LogP contribution in [0.25, 0.3) is 0 Å². The van der Waals surface area contributed by atoms with E-state index in [1.807, 2.05) is 31.2 Å². The van der Waals surface area contributed by atoms with E-state index in [-0.39, 0.29) is 5.91 Å². The lowest BCUT2D eigenvalue weighted by Gasteiger charge is -2.09. The second kappa shape index (κ2) is 6.24. The van der Waals surface area contributed by atoms with Gasteiger partial charge in [0.25, 0.3) is 5.91 Å². The van der Waals surface area contributed by atoms with Gasteiger partial charge in [0.1, 0.15) is 0 Å². The van der Waals surface area contributed by atoms with Gasteiger partial charge in [0, 0.05) is 12.2 Å². The van der Waals surface area contributed by atoms with Crippen molar-refractivity contribution in [3.8, 4) is 0 Å². The number of anilines is 1. The molecule has 3 N–H and O–H groups in total. The summed E-state index contributed by atoms with van der Waals surface area (Å²) in [6, 6.07) is 13.7. The van der Waals surface area contributed by atoms with Crippen molar-refractivity contribution in [1.29, 1.82) is 0 Å². The van der Waals surface area contributed by atoms with Gasteiger partial charge >= 0.3 is 0 Å². The lowest BCUT2D eigenvalue weighted by atomic mass is 10.1. The van der Waals surface area contributed by atoms with Crippen LogP contribution in [-0.2, 0) is 6.42 Å². The van der Waals surface area contributed by atoms with Crippen molar-refractivity contribution in [3.05, 3.63) is 64.7 Å². The van der Waals surface area contributed by atoms with Gasteiger partial charge in [0.2, 0.25) is 0 Å². The monoisotopic (exact) mass is 268 g/mol. The molecule has 104 valence electrons. The van der Waals surface area contributed by atoms with Gasteiger partial charge in [-0.25, -0.2) is 0 Å². The largest absolute Gasteiger partial charge is 0.398 e. The Morgan fingerprint density at radius 1 is 1.15 bits per heavy atom. The van der Waals surface area contributed by atoms with Crippen molar-refractivity contribution >= 4 is 11.6 Å². The molecule has 2 aromatic carbocycles. The maximum Gasteiger partial charge on any atom is 0.253 e. The highest BCUT2D eigenvalue weighted by Crippen LogP contribution is 2.13. The third-order valence-corrected chi connectivity index (χ3v) is 3.39. The van der Waals surface area contributed by atoms with Crippen LogP contribution < -0.4 is 11.1 Å². The van der Waals surface area contributed by atoms with Crippen LogP contribution in [0.5, 0.6) is 0 Å². The van der Waals surface area contributed by atoms with E-state index >= 15 is 0 Å². The molecule has 0 heterocycles. The summed E-state index contributed by atoms with van der Waals surface area (Å²) in [7, 11) is 0. The highest BCUT2D eigenvalue weighted by atomic mass is 16.1. The number of rotatable bonds is 4. The molecule has 3 heteroatoms. The van der Waals surface area contributed by atoms with E-state index in [1.54, 1.807) is 6.07 Å². The van der Waals surface area contributed by atoms with Crippen molar-refractivity contribution < 1.29 is 4.79 Å². The Balaban J connectivity index is 1.96. The Labute approximate surface area is 119 Å². The van der Waals surface area contributed by atoms with Gasteiger partial charge in [-0.1, -0.05) is 35.9 Å². The minimum absolute atomic E-state index is 0.111. The standard InChI is InChI=1S/C17H20N2O/c1-12-7-8-16(18)15(11-12)17(20)19-10-9-14-6-4-3-5-13(14)2/h3-8,11H,9-10,18H2,1-2H3,(H,19,20). The van der Waals surface area contributed by atoms with Crippen LogP contribution in [0, 0.1) is 13.8 Å². The van der Waals surface area contributed by atoms with E-state index in [2.05, 4.69) is 24.4 Å². The molecule has 0 radical (unpaired) electrons. The summed E-state index contributed by atoms with van der Waals surface area (Å²) in [6.45, 7) is 4.64. The summed E-state index contributed by atoms with van der Waals surface area (Å²) >= 11 is 0. The molecule has 0 saturated heterocycles. The van der Waals surface area contributed by atoms with E-state index in [1.165, 1.54) is 11.1 Å². The molecule has 0 saturated carbocycles. The molecule has 0 fully saturated rings. The minimum atomic E-state index is -0.111.